The number of benzene rings is 1. The largest absolute Gasteiger partial charge is 0.318 e. The molecule has 30 heavy (non-hydrogen) atoms. The Bertz CT molecular complexity index is 1310. The number of amides is 1. The van der Waals surface area contributed by atoms with E-state index in [4.69, 9.17) is 0 Å². The van der Waals surface area contributed by atoms with Gasteiger partial charge in [0.25, 0.3) is 11.1 Å². The Balaban J connectivity index is 1.92. The summed E-state index contributed by atoms with van der Waals surface area (Å²) in [6, 6.07) is 11.7. The van der Waals surface area contributed by atoms with Crippen LogP contribution >= 0.6 is 11.5 Å². The van der Waals surface area contributed by atoms with Crippen LogP contribution < -0.4 is 5.32 Å². The topological polar surface area (TPSA) is 118 Å². The Hall–Kier alpha value is -3.29. The van der Waals surface area contributed by atoms with Crippen molar-refractivity contribution in [1.82, 2.24) is 13.9 Å². The van der Waals surface area contributed by atoms with E-state index in [1.54, 1.807) is 0 Å². The highest BCUT2D eigenvalue weighted by Crippen LogP contribution is 2.25. The van der Waals surface area contributed by atoms with E-state index in [1.807, 2.05) is 57.2 Å². The highest BCUT2D eigenvalue weighted by Gasteiger charge is 2.18. The number of sulfone groups is 1. The molecular formula is C20H19N5O3S2. The molecule has 0 unspecified atom stereocenters. The van der Waals surface area contributed by atoms with E-state index in [1.165, 1.54) is 6.08 Å². The molecule has 0 bridgehead atoms. The van der Waals surface area contributed by atoms with Gasteiger partial charge in [0.05, 0.1) is 0 Å². The van der Waals surface area contributed by atoms with Gasteiger partial charge in [0.2, 0.25) is 15.0 Å². The van der Waals surface area contributed by atoms with Crippen LogP contribution in [0.2, 0.25) is 0 Å². The van der Waals surface area contributed by atoms with Gasteiger partial charge in [0.1, 0.15) is 11.6 Å². The van der Waals surface area contributed by atoms with Crippen molar-refractivity contribution < 1.29 is 13.2 Å². The number of nitrogens with one attached hydrogen (secondary N) is 1. The molecule has 0 aliphatic carbocycles. The molecule has 0 atom stereocenters. The molecule has 0 fully saturated rings. The van der Waals surface area contributed by atoms with Gasteiger partial charge in [-0.1, -0.05) is 18.2 Å². The standard InChI is InChI=1S/C20H19N5O3S2/c1-12-7-5-6-8-17(12)25-13(2)9-15(14(25)3)10-16(11-21)18(26)22-19-23-20(24-29-19)30(4,27)28/h5-10H,1-4H3,(H,22,23,24,26). The number of anilines is 1. The second-order valence-electron chi connectivity index (χ2n) is 6.73. The zero-order chi connectivity index (χ0) is 22.1. The zero-order valence-electron chi connectivity index (χ0n) is 16.8. The highest BCUT2D eigenvalue weighted by molar-refractivity contribution is 7.90. The van der Waals surface area contributed by atoms with Crippen molar-refractivity contribution >= 4 is 38.5 Å². The lowest BCUT2D eigenvalue weighted by molar-refractivity contribution is -0.112. The molecule has 0 spiro atoms. The third kappa shape index (κ3) is 4.32. The lowest BCUT2D eigenvalue weighted by Crippen LogP contribution is -2.13. The number of aromatic nitrogens is 3. The number of carbonyl (C=O) groups is 1. The number of hydrogen-bond donors (Lipinski definition) is 1. The summed E-state index contributed by atoms with van der Waals surface area (Å²) in [6.45, 7) is 5.89. The molecule has 1 amide bonds. The first kappa shape index (κ1) is 21.4. The lowest BCUT2D eigenvalue weighted by atomic mass is 10.1. The van der Waals surface area contributed by atoms with Gasteiger partial charge in [-0.15, -0.1) is 0 Å². The van der Waals surface area contributed by atoms with E-state index >= 15 is 0 Å². The first-order valence-corrected chi connectivity index (χ1v) is 11.5. The maximum atomic E-state index is 12.5. The van der Waals surface area contributed by atoms with Crippen molar-refractivity contribution in [3.63, 3.8) is 0 Å². The molecule has 1 N–H and O–H groups in total. The van der Waals surface area contributed by atoms with Crippen molar-refractivity contribution in [3.8, 4) is 11.8 Å². The molecule has 8 nitrogen and oxygen atoms in total. The van der Waals surface area contributed by atoms with E-state index in [9.17, 15) is 18.5 Å². The number of nitrogens with zero attached hydrogens (tertiary/aromatic N) is 4. The van der Waals surface area contributed by atoms with E-state index in [0.717, 1.165) is 46.0 Å². The van der Waals surface area contributed by atoms with Gasteiger partial charge in [-0.25, -0.2) is 8.42 Å². The average molecular weight is 442 g/mol. The van der Waals surface area contributed by atoms with E-state index < -0.39 is 15.7 Å². The fourth-order valence-corrected chi connectivity index (χ4v) is 4.44. The molecule has 154 valence electrons. The quantitative estimate of drug-likeness (QED) is 0.480. The van der Waals surface area contributed by atoms with Crippen molar-refractivity contribution in [3.05, 3.63) is 58.4 Å². The normalized spacial score (nSPS) is 11.9. The molecule has 0 aliphatic rings. The van der Waals surface area contributed by atoms with Gasteiger partial charge in [-0.3, -0.25) is 10.1 Å². The second kappa shape index (κ2) is 8.22. The van der Waals surface area contributed by atoms with Crippen LogP contribution in [-0.4, -0.2) is 34.5 Å². The Labute approximate surface area is 178 Å². The molecular weight excluding hydrogens is 422 g/mol. The number of hydrogen-bond acceptors (Lipinski definition) is 7. The number of para-hydroxylation sites is 1. The Kier molecular flexibility index (Phi) is 5.87. The van der Waals surface area contributed by atoms with Crippen molar-refractivity contribution in [2.24, 2.45) is 0 Å². The zero-order valence-corrected chi connectivity index (χ0v) is 18.4. The first-order valence-electron chi connectivity index (χ1n) is 8.83. The van der Waals surface area contributed by atoms with Crippen molar-refractivity contribution in [2.45, 2.75) is 25.9 Å². The molecule has 3 rings (SSSR count). The average Bonchev–Trinajstić information content (AvgIpc) is 3.25. The van der Waals surface area contributed by atoms with Gasteiger partial charge in [0, 0.05) is 34.9 Å². The summed E-state index contributed by atoms with van der Waals surface area (Å²) in [5.74, 6) is -0.686. The summed E-state index contributed by atoms with van der Waals surface area (Å²) in [6.07, 6.45) is 2.48. The molecule has 2 aromatic heterocycles. The van der Waals surface area contributed by atoms with Gasteiger partial charge in [0.15, 0.2) is 0 Å². The highest BCUT2D eigenvalue weighted by atomic mass is 32.2. The van der Waals surface area contributed by atoms with Gasteiger partial charge < -0.3 is 4.57 Å². The van der Waals surface area contributed by atoms with Crippen LogP contribution in [0.1, 0.15) is 22.5 Å². The van der Waals surface area contributed by atoms with Crippen LogP contribution in [0.3, 0.4) is 0 Å². The predicted molar refractivity (Wildman–Crippen MR) is 115 cm³/mol. The summed E-state index contributed by atoms with van der Waals surface area (Å²) in [7, 11) is -3.58. The summed E-state index contributed by atoms with van der Waals surface area (Å²) in [5, 5.41) is 11.6. The van der Waals surface area contributed by atoms with Crippen LogP contribution in [0.25, 0.3) is 11.8 Å². The molecule has 3 aromatic rings. The summed E-state index contributed by atoms with van der Waals surface area (Å²) in [5.41, 5.74) is 4.58. The van der Waals surface area contributed by atoms with Crippen LogP contribution in [0.5, 0.6) is 0 Å². The first-order chi connectivity index (χ1) is 14.1. The van der Waals surface area contributed by atoms with Crippen LogP contribution in [0.15, 0.2) is 41.1 Å². The third-order valence-corrected chi connectivity index (χ3v) is 6.04. The van der Waals surface area contributed by atoms with Crippen molar-refractivity contribution in [1.29, 1.82) is 5.26 Å². The Morgan fingerprint density at radius 3 is 2.57 bits per heavy atom. The maximum absolute atomic E-state index is 12.5. The Morgan fingerprint density at radius 1 is 1.27 bits per heavy atom. The monoisotopic (exact) mass is 441 g/mol. The SMILES string of the molecule is Cc1ccccc1-n1c(C)cc(C=C(C#N)C(=O)Nc2nc(S(C)(=O)=O)ns2)c1C. The fourth-order valence-electron chi connectivity index (χ4n) is 3.00. The number of aryl methyl sites for hydroxylation is 2. The van der Waals surface area contributed by atoms with E-state index in [2.05, 4.69) is 19.2 Å². The van der Waals surface area contributed by atoms with Crippen molar-refractivity contribution in [2.75, 3.05) is 11.6 Å². The maximum Gasteiger partial charge on any atom is 0.268 e. The Morgan fingerprint density at radius 2 is 1.97 bits per heavy atom. The summed E-state index contributed by atoms with van der Waals surface area (Å²) in [4.78, 5) is 16.3. The van der Waals surface area contributed by atoms with Crippen LogP contribution in [-0.2, 0) is 14.6 Å². The van der Waals surface area contributed by atoms with Gasteiger partial charge in [-0.2, -0.15) is 14.6 Å². The van der Waals surface area contributed by atoms with Gasteiger partial charge >= 0.3 is 0 Å². The fraction of sp³-hybridized carbons (Fsp3) is 0.200. The minimum Gasteiger partial charge on any atom is -0.318 e. The molecule has 0 radical (unpaired) electrons. The lowest BCUT2D eigenvalue weighted by Gasteiger charge is -2.12. The van der Waals surface area contributed by atoms with E-state index in [-0.39, 0.29) is 15.9 Å². The number of rotatable bonds is 5. The summed E-state index contributed by atoms with van der Waals surface area (Å²) < 4.78 is 28.7. The molecule has 0 aliphatic heterocycles. The van der Waals surface area contributed by atoms with Crippen LogP contribution in [0, 0.1) is 32.1 Å². The van der Waals surface area contributed by atoms with Crippen LogP contribution in [0.4, 0.5) is 5.13 Å². The second-order valence-corrected chi connectivity index (χ2v) is 9.39. The third-order valence-electron chi connectivity index (χ3n) is 4.45. The molecule has 10 heteroatoms. The summed E-state index contributed by atoms with van der Waals surface area (Å²) >= 11 is 0.735. The van der Waals surface area contributed by atoms with E-state index in [0.29, 0.717) is 0 Å². The number of carbonyl (C=O) groups excluding carboxylic acids is 1. The molecule has 2 heterocycles. The smallest absolute Gasteiger partial charge is 0.268 e. The predicted octanol–water partition coefficient (Wildman–Crippen LogP) is 3.20. The minimum absolute atomic E-state index is 0.00644. The minimum atomic E-state index is -3.58. The number of nitriles is 1. The van der Waals surface area contributed by atoms with Gasteiger partial charge in [-0.05, 0) is 50.1 Å². The molecule has 0 saturated carbocycles. The molecule has 1 aromatic carbocycles. The molecule has 0 saturated heterocycles.